The number of benzene rings is 2. The predicted octanol–water partition coefficient (Wildman–Crippen LogP) is 3.76. The van der Waals surface area contributed by atoms with Gasteiger partial charge in [-0.2, -0.15) is 0 Å². The molecule has 4 heteroatoms. The Morgan fingerprint density at radius 3 is 2.50 bits per heavy atom. The van der Waals surface area contributed by atoms with Crippen LogP contribution in [0.3, 0.4) is 0 Å². The molecule has 1 amide bonds. The molecule has 0 heterocycles. The molecule has 2 aromatic carbocycles. The molecule has 20 heavy (non-hydrogen) atoms. The Morgan fingerprint density at radius 1 is 1.10 bits per heavy atom. The fourth-order valence-corrected chi connectivity index (χ4v) is 2.10. The molecule has 0 radical (unpaired) electrons. The first-order chi connectivity index (χ1) is 9.50. The number of halogens is 2. The molecule has 0 saturated heterocycles. The zero-order chi connectivity index (χ0) is 14.7. The van der Waals surface area contributed by atoms with Crippen LogP contribution in [0, 0.1) is 18.6 Å². The van der Waals surface area contributed by atoms with Gasteiger partial charge in [0, 0.05) is 0 Å². The van der Waals surface area contributed by atoms with Gasteiger partial charge in [0.05, 0.1) is 11.6 Å². The molecule has 1 unspecified atom stereocenters. The van der Waals surface area contributed by atoms with Crippen LogP contribution < -0.4 is 5.32 Å². The van der Waals surface area contributed by atoms with E-state index in [2.05, 4.69) is 5.32 Å². The van der Waals surface area contributed by atoms with E-state index in [-0.39, 0.29) is 11.6 Å². The zero-order valence-electron chi connectivity index (χ0n) is 11.3. The third-order valence-electron chi connectivity index (χ3n) is 3.20. The van der Waals surface area contributed by atoms with Crippen molar-refractivity contribution in [3.8, 4) is 0 Å². The number of carbonyl (C=O) groups excluding carboxylic acids is 1. The molecule has 0 aliphatic rings. The Bertz CT molecular complexity index is 640. The van der Waals surface area contributed by atoms with Crippen molar-refractivity contribution in [2.45, 2.75) is 19.9 Å². The Kier molecular flexibility index (Phi) is 4.13. The summed E-state index contributed by atoms with van der Waals surface area (Å²) in [6.45, 7) is 3.73. The third kappa shape index (κ3) is 2.85. The predicted molar refractivity (Wildman–Crippen MR) is 73.4 cm³/mol. The summed E-state index contributed by atoms with van der Waals surface area (Å²) < 4.78 is 26.7. The summed E-state index contributed by atoms with van der Waals surface area (Å²) in [6, 6.07) is 10.9. The van der Waals surface area contributed by atoms with Crippen LogP contribution >= 0.6 is 0 Å². The lowest BCUT2D eigenvalue weighted by Crippen LogP contribution is -2.28. The maximum absolute atomic E-state index is 13.5. The van der Waals surface area contributed by atoms with Crippen molar-refractivity contribution in [3.05, 3.63) is 70.8 Å². The minimum absolute atomic E-state index is 0.286. The highest BCUT2D eigenvalue weighted by atomic mass is 19.2. The highest BCUT2D eigenvalue weighted by Crippen LogP contribution is 2.18. The van der Waals surface area contributed by atoms with E-state index in [9.17, 15) is 13.6 Å². The van der Waals surface area contributed by atoms with Crippen molar-refractivity contribution in [1.82, 2.24) is 5.32 Å². The summed E-state index contributed by atoms with van der Waals surface area (Å²) in [5, 5.41) is 2.68. The van der Waals surface area contributed by atoms with Crippen LogP contribution in [-0.4, -0.2) is 5.91 Å². The molecule has 1 N–H and O–H groups in total. The van der Waals surface area contributed by atoms with Gasteiger partial charge < -0.3 is 5.32 Å². The van der Waals surface area contributed by atoms with Crippen LogP contribution in [0.15, 0.2) is 42.5 Å². The molecule has 0 fully saturated rings. The monoisotopic (exact) mass is 275 g/mol. The van der Waals surface area contributed by atoms with Crippen LogP contribution in [-0.2, 0) is 0 Å². The Hall–Kier alpha value is -2.23. The van der Waals surface area contributed by atoms with E-state index in [1.807, 2.05) is 31.2 Å². The van der Waals surface area contributed by atoms with E-state index in [0.717, 1.165) is 17.2 Å². The first kappa shape index (κ1) is 14.2. The molecule has 104 valence electrons. The summed E-state index contributed by atoms with van der Waals surface area (Å²) in [6.07, 6.45) is 0. The normalized spacial score (nSPS) is 12.0. The number of nitrogens with one attached hydrogen (secondary N) is 1. The SMILES string of the molecule is Cc1ccccc1C(C)NC(=O)c1cccc(F)c1F. The number of carbonyl (C=O) groups is 1. The molecule has 0 spiro atoms. The van der Waals surface area contributed by atoms with Crippen molar-refractivity contribution in [2.75, 3.05) is 0 Å². The van der Waals surface area contributed by atoms with Crippen molar-refractivity contribution in [3.63, 3.8) is 0 Å². The second-order valence-corrected chi connectivity index (χ2v) is 4.65. The molecule has 0 bridgehead atoms. The highest BCUT2D eigenvalue weighted by molar-refractivity contribution is 5.94. The molecule has 0 aromatic heterocycles. The summed E-state index contributed by atoms with van der Waals surface area (Å²) in [7, 11) is 0. The van der Waals surface area contributed by atoms with Gasteiger partial charge in [0.25, 0.3) is 5.91 Å². The average Bonchev–Trinajstić information content (AvgIpc) is 2.42. The smallest absolute Gasteiger partial charge is 0.254 e. The second-order valence-electron chi connectivity index (χ2n) is 4.65. The lowest BCUT2D eigenvalue weighted by Gasteiger charge is -2.16. The van der Waals surface area contributed by atoms with E-state index >= 15 is 0 Å². The number of rotatable bonds is 3. The number of hydrogen-bond donors (Lipinski definition) is 1. The van der Waals surface area contributed by atoms with Crippen molar-refractivity contribution >= 4 is 5.91 Å². The average molecular weight is 275 g/mol. The molecule has 0 aliphatic heterocycles. The second kappa shape index (κ2) is 5.82. The Balaban J connectivity index is 2.20. The first-order valence-corrected chi connectivity index (χ1v) is 6.31. The van der Waals surface area contributed by atoms with Crippen molar-refractivity contribution in [2.24, 2.45) is 0 Å². The maximum atomic E-state index is 13.5. The largest absolute Gasteiger partial charge is 0.345 e. The van der Waals surface area contributed by atoms with Gasteiger partial charge in [0.1, 0.15) is 0 Å². The van der Waals surface area contributed by atoms with E-state index in [1.165, 1.54) is 12.1 Å². The Labute approximate surface area is 116 Å². The van der Waals surface area contributed by atoms with Gasteiger partial charge in [-0.3, -0.25) is 4.79 Å². The maximum Gasteiger partial charge on any atom is 0.254 e. The Morgan fingerprint density at radius 2 is 1.80 bits per heavy atom. The molecule has 0 aliphatic carbocycles. The first-order valence-electron chi connectivity index (χ1n) is 6.31. The molecule has 2 rings (SSSR count). The summed E-state index contributed by atoms with van der Waals surface area (Å²) in [5.41, 5.74) is 1.68. The van der Waals surface area contributed by atoms with Crippen LogP contribution in [0.2, 0.25) is 0 Å². The topological polar surface area (TPSA) is 29.1 Å². The van der Waals surface area contributed by atoms with Gasteiger partial charge in [-0.15, -0.1) is 0 Å². The van der Waals surface area contributed by atoms with Gasteiger partial charge in [-0.25, -0.2) is 8.78 Å². The quantitative estimate of drug-likeness (QED) is 0.907. The van der Waals surface area contributed by atoms with Crippen LogP contribution in [0.1, 0.15) is 34.5 Å². The number of hydrogen-bond acceptors (Lipinski definition) is 1. The molecule has 1 atom stereocenters. The van der Waals surface area contributed by atoms with Gasteiger partial charge in [-0.1, -0.05) is 30.3 Å². The van der Waals surface area contributed by atoms with Gasteiger partial charge in [0.2, 0.25) is 0 Å². The fourth-order valence-electron chi connectivity index (χ4n) is 2.10. The molecular weight excluding hydrogens is 260 g/mol. The molecule has 2 aromatic rings. The van der Waals surface area contributed by atoms with Gasteiger partial charge >= 0.3 is 0 Å². The van der Waals surface area contributed by atoms with E-state index < -0.39 is 17.5 Å². The van der Waals surface area contributed by atoms with Crippen molar-refractivity contribution in [1.29, 1.82) is 0 Å². The van der Waals surface area contributed by atoms with Crippen LogP contribution in [0.5, 0.6) is 0 Å². The molecule has 2 nitrogen and oxygen atoms in total. The zero-order valence-corrected chi connectivity index (χ0v) is 11.3. The lowest BCUT2D eigenvalue weighted by atomic mass is 10.0. The summed E-state index contributed by atoms with van der Waals surface area (Å²) >= 11 is 0. The van der Waals surface area contributed by atoms with Crippen LogP contribution in [0.4, 0.5) is 8.78 Å². The highest BCUT2D eigenvalue weighted by Gasteiger charge is 2.17. The summed E-state index contributed by atoms with van der Waals surface area (Å²) in [5.74, 6) is -2.78. The standard InChI is InChI=1S/C16H15F2NO/c1-10-6-3-4-7-12(10)11(2)19-16(20)13-8-5-9-14(17)15(13)18/h3-9,11H,1-2H3,(H,19,20). The van der Waals surface area contributed by atoms with E-state index in [4.69, 9.17) is 0 Å². The van der Waals surface area contributed by atoms with E-state index in [1.54, 1.807) is 6.92 Å². The number of aryl methyl sites for hydroxylation is 1. The van der Waals surface area contributed by atoms with Gasteiger partial charge in [0.15, 0.2) is 11.6 Å². The minimum atomic E-state index is -1.12. The van der Waals surface area contributed by atoms with Gasteiger partial charge in [-0.05, 0) is 37.1 Å². The lowest BCUT2D eigenvalue weighted by molar-refractivity contribution is 0.0934. The van der Waals surface area contributed by atoms with Crippen LogP contribution in [0.25, 0.3) is 0 Å². The molecular formula is C16H15F2NO. The molecule has 0 saturated carbocycles. The third-order valence-corrected chi connectivity index (χ3v) is 3.20. The fraction of sp³-hybridized carbons (Fsp3) is 0.188. The van der Waals surface area contributed by atoms with E-state index in [0.29, 0.717) is 0 Å². The van der Waals surface area contributed by atoms with Crippen molar-refractivity contribution < 1.29 is 13.6 Å². The summed E-state index contributed by atoms with van der Waals surface area (Å²) in [4.78, 5) is 12.0. The number of amides is 1. The minimum Gasteiger partial charge on any atom is -0.345 e.